The van der Waals surface area contributed by atoms with Crippen molar-refractivity contribution < 1.29 is 22.7 Å². The molecule has 1 N–H and O–H groups in total. The first kappa shape index (κ1) is 12.4. The summed E-state index contributed by atoms with van der Waals surface area (Å²) in [7, 11) is 0. The van der Waals surface area contributed by atoms with Gasteiger partial charge in [0.05, 0.1) is 11.2 Å². The second-order valence-electron chi connectivity index (χ2n) is 4.54. The fourth-order valence-corrected chi connectivity index (χ4v) is 1.72. The van der Waals surface area contributed by atoms with E-state index >= 15 is 0 Å². The Labute approximate surface area is 96.1 Å². The largest absolute Gasteiger partial charge is 0.419 e. The second-order valence-corrected chi connectivity index (χ2v) is 4.54. The minimum atomic E-state index is -4.67. The summed E-state index contributed by atoms with van der Waals surface area (Å²) in [5.74, 6) is -1.26. The van der Waals surface area contributed by atoms with E-state index in [2.05, 4.69) is 0 Å². The molecule has 1 nitrogen and oxygen atoms in total. The van der Waals surface area contributed by atoms with E-state index in [1.54, 1.807) is 0 Å². The SMILES string of the molecule is OC1(CCc2ccc(F)c(C(F)(F)F)c2)CC1. The molecule has 0 bridgehead atoms. The van der Waals surface area contributed by atoms with Crippen molar-refractivity contribution in [3.8, 4) is 0 Å². The van der Waals surface area contributed by atoms with Crippen LogP contribution in [0, 0.1) is 5.82 Å². The van der Waals surface area contributed by atoms with Crippen molar-refractivity contribution in [2.75, 3.05) is 0 Å². The third kappa shape index (κ3) is 2.97. The minimum Gasteiger partial charge on any atom is -0.390 e. The molecule has 0 spiro atoms. The summed E-state index contributed by atoms with van der Waals surface area (Å²) >= 11 is 0. The highest BCUT2D eigenvalue weighted by Crippen LogP contribution is 2.39. The van der Waals surface area contributed by atoms with Crippen molar-refractivity contribution in [3.05, 3.63) is 35.1 Å². The Bertz CT molecular complexity index is 421. The maximum Gasteiger partial charge on any atom is 0.419 e. The number of hydrogen-bond donors (Lipinski definition) is 1. The standard InChI is InChI=1S/C12H12F4O/c13-10-2-1-8(3-4-11(17)5-6-11)7-9(10)12(14,15)16/h1-2,7,17H,3-6H2. The molecule has 0 saturated heterocycles. The summed E-state index contributed by atoms with van der Waals surface area (Å²) in [4.78, 5) is 0. The van der Waals surface area contributed by atoms with E-state index < -0.39 is 23.2 Å². The first-order valence-electron chi connectivity index (χ1n) is 5.38. The number of aryl methyl sites for hydroxylation is 1. The van der Waals surface area contributed by atoms with Gasteiger partial charge in [-0.2, -0.15) is 13.2 Å². The van der Waals surface area contributed by atoms with E-state index in [-0.39, 0.29) is 0 Å². The summed E-state index contributed by atoms with van der Waals surface area (Å²) in [6, 6.07) is 2.98. The van der Waals surface area contributed by atoms with Gasteiger partial charge in [0.2, 0.25) is 0 Å². The normalized spacial score (nSPS) is 18.2. The first-order chi connectivity index (χ1) is 7.80. The molecule has 1 aliphatic rings. The predicted molar refractivity (Wildman–Crippen MR) is 53.9 cm³/mol. The molecule has 5 heteroatoms. The van der Waals surface area contributed by atoms with Crippen molar-refractivity contribution in [3.63, 3.8) is 0 Å². The number of benzene rings is 1. The molecule has 1 saturated carbocycles. The molecule has 0 amide bonds. The average molecular weight is 248 g/mol. The molecule has 1 aliphatic carbocycles. The van der Waals surface area contributed by atoms with Crippen LogP contribution in [0.4, 0.5) is 17.6 Å². The summed E-state index contributed by atoms with van der Waals surface area (Å²) in [6.45, 7) is 0. The summed E-state index contributed by atoms with van der Waals surface area (Å²) < 4.78 is 50.3. The summed E-state index contributed by atoms with van der Waals surface area (Å²) in [5.41, 5.74) is -1.54. The summed E-state index contributed by atoms with van der Waals surface area (Å²) in [6.07, 6.45) is -2.52. The number of alkyl halides is 3. The molecule has 94 valence electrons. The molecule has 0 radical (unpaired) electrons. The highest BCUT2D eigenvalue weighted by molar-refractivity contribution is 5.27. The van der Waals surface area contributed by atoms with Gasteiger partial charge < -0.3 is 5.11 Å². The average Bonchev–Trinajstić information content (AvgIpc) is 2.94. The Kier molecular flexibility index (Phi) is 2.89. The van der Waals surface area contributed by atoms with E-state index in [4.69, 9.17) is 0 Å². The number of hydrogen-bond acceptors (Lipinski definition) is 1. The zero-order valence-corrected chi connectivity index (χ0v) is 9.02. The highest BCUT2D eigenvalue weighted by atomic mass is 19.4. The van der Waals surface area contributed by atoms with Crippen LogP contribution in [0.25, 0.3) is 0 Å². The van der Waals surface area contributed by atoms with E-state index in [9.17, 15) is 22.7 Å². The van der Waals surface area contributed by atoms with Crippen LogP contribution in [0.15, 0.2) is 18.2 Å². The zero-order valence-electron chi connectivity index (χ0n) is 9.02. The van der Waals surface area contributed by atoms with Crippen molar-refractivity contribution >= 4 is 0 Å². The lowest BCUT2D eigenvalue weighted by Gasteiger charge is -2.11. The minimum absolute atomic E-state index is 0.333. The Morgan fingerprint density at radius 3 is 2.41 bits per heavy atom. The number of halogens is 4. The predicted octanol–water partition coefficient (Wildman–Crippen LogP) is 3.30. The number of rotatable bonds is 3. The Morgan fingerprint density at radius 2 is 1.88 bits per heavy atom. The van der Waals surface area contributed by atoms with Gasteiger partial charge in [-0.1, -0.05) is 6.07 Å². The van der Waals surface area contributed by atoms with Gasteiger partial charge in [-0.05, 0) is 43.4 Å². The van der Waals surface area contributed by atoms with Crippen LogP contribution in [0.2, 0.25) is 0 Å². The molecule has 1 fully saturated rings. The third-order valence-electron chi connectivity index (χ3n) is 3.04. The van der Waals surface area contributed by atoms with Gasteiger partial charge in [0.1, 0.15) is 5.82 Å². The van der Waals surface area contributed by atoms with Crippen LogP contribution in [0.1, 0.15) is 30.4 Å². The number of aliphatic hydroxyl groups is 1. The van der Waals surface area contributed by atoms with Crippen molar-refractivity contribution in [2.24, 2.45) is 0 Å². The fourth-order valence-electron chi connectivity index (χ4n) is 1.72. The Balaban J connectivity index is 2.13. The van der Waals surface area contributed by atoms with Crippen LogP contribution < -0.4 is 0 Å². The van der Waals surface area contributed by atoms with Crippen LogP contribution in [0.5, 0.6) is 0 Å². The maximum atomic E-state index is 13.0. The first-order valence-corrected chi connectivity index (χ1v) is 5.38. The zero-order chi connectivity index (χ0) is 12.7. The second kappa shape index (κ2) is 3.98. The molecule has 0 heterocycles. The monoisotopic (exact) mass is 248 g/mol. The molecule has 0 aromatic heterocycles. The smallest absolute Gasteiger partial charge is 0.390 e. The van der Waals surface area contributed by atoms with Crippen LogP contribution >= 0.6 is 0 Å². The maximum absolute atomic E-state index is 13.0. The van der Waals surface area contributed by atoms with Gasteiger partial charge in [-0.3, -0.25) is 0 Å². The Hall–Kier alpha value is -1.10. The van der Waals surface area contributed by atoms with Gasteiger partial charge in [-0.15, -0.1) is 0 Å². The van der Waals surface area contributed by atoms with Gasteiger partial charge in [0, 0.05) is 0 Å². The third-order valence-corrected chi connectivity index (χ3v) is 3.04. The van der Waals surface area contributed by atoms with Crippen molar-refractivity contribution in [1.82, 2.24) is 0 Å². The van der Waals surface area contributed by atoms with Gasteiger partial charge in [0.15, 0.2) is 0 Å². The molecule has 1 aromatic rings. The molecular weight excluding hydrogens is 236 g/mol. The van der Waals surface area contributed by atoms with E-state index in [0.717, 1.165) is 12.1 Å². The molecule has 2 rings (SSSR count). The fraction of sp³-hybridized carbons (Fsp3) is 0.500. The van der Waals surface area contributed by atoms with Crippen LogP contribution in [-0.2, 0) is 12.6 Å². The van der Waals surface area contributed by atoms with Crippen LogP contribution in [-0.4, -0.2) is 10.7 Å². The lowest BCUT2D eigenvalue weighted by atomic mass is 10.0. The molecule has 1 aromatic carbocycles. The van der Waals surface area contributed by atoms with Gasteiger partial charge >= 0.3 is 6.18 Å². The van der Waals surface area contributed by atoms with Gasteiger partial charge in [-0.25, -0.2) is 4.39 Å². The van der Waals surface area contributed by atoms with Crippen LogP contribution in [0.3, 0.4) is 0 Å². The topological polar surface area (TPSA) is 20.2 Å². The highest BCUT2D eigenvalue weighted by Gasteiger charge is 2.39. The summed E-state index contributed by atoms with van der Waals surface area (Å²) in [5, 5.41) is 9.58. The molecule has 0 atom stereocenters. The van der Waals surface area contributed by atoms with Gasteiger partial charge in [0.25, 0.3) is 0 Å². The van der Waals surface area contributed by atoms with Crippen molar-refractivity contribution in [1.29, 1.82) is 0 Å². The molecule has 0 unspecified atom stereocenters. The lowest BCUT2D eigenvalue weighted by molar-refractivity contribution is -0.140. The van der Waals surface area contributed by atoms with E-state index in [0.29, 0.717) is 31.2 Å². The molecular formula is C12H12F4O. The Morgan fingerprint density at radius 1 is 1.24 bits per heavy atom. The molecule has 0 aliphatic heterocycles. The quantitative estimate of drug-likeness (QED) is 0.814. The van der Waals surface area contributed by atoms with E-state index in [1.807, 2.05) is 0 Å². The molecule has 17 heavy (non-hydrogen) atoms. The lowest BCUT2D eigenvalue weighted by Crippen LogP contribution is -2.11. The van der Waals surface area contributed by atoms with E-state index in [1.165, 1.54) is 6.07 Å². The van der Waals surface area contributed by atoms with Crippen molar-refractivity contribution in [2.45, 2.75) is 37.5 Å².